The molecule has 29 heavy (non-hydrogen) atoms. The molecule has 0 aliphatic rings. The van der Waals surface area contributed by atoms with Crippen LogP contribution in [0.25, 0.3) is 21.5 Å². The topological polar surface area (TPSA) is 0 Å². The van der Waals surface area contributed by atoms with Crippen LogP contribution in [0.3, 0.4) is 0 Å². The molecule has 5 rings (SSSR count). The Bertz CT molecular complexity index is 1170. The van der Waals surface area contributed by atoms with Crippen LogP contribution in [0.4, 0.5) is 0 Å². The van der Waals surface area contributed by atoms with Crippen LogP contribution in [0.2, 0.25) is 0 Å². The van der Waals surface area contributed by atoms with Gasteiger partial charge in [0.05, 0.1) is 0 Å². The third-order valence-electron chi connectivity index (χ3n) is 5.60. The van der Waals surface area contributed by atoms with Crippen molar-refractivity contribution in [1.82, 2.24) is 0 Å². The highest BCUT2D eigenvalue weighted by Crippen LogP contribution is 2.44. The van der Waals surface area contributed by atoms with Crippen molar-refractivity contribution >= 4 is 34.8 Å². The normalized spacial score (nSPS) is 11.3. The Morgan fingerprint density at radius 2 is 0.862 bits per heavy atom. The van der Waals surface area contributed by atoms with E-state index in [0.29, 0.717) is 0 Å². The van der Waals surface area contributed by atoms with Crippen LogP contribution in [0.1, 0.15) is 11.1 Å². The third-order valence-corrected chi connectivity index (χ3v) is 8.08. The molecule has 0 bridgehead atoms. The first-order valence-corrected chi connectivity index (χ1v) is 11.8. The van der Waals surface area contributed by atoms with E-state index < -0.39 is 0 Å². The van der Waals surface area contributed by atoms with E-state index in [9.17, 15) is 0 Å². The SMILES string of the molecule is c1ccc(P(Cc2cccc3ccccc23)Cc2cccc3ccccc23)cc1. The van der Waals surface area contributed by atoms with Crippen molar-refractivity contribution in [2.24, 2.45) is 0 Å². The first-order valence-electron chi connectivity index (χ1n) is 10.1. The standard InChI is InChI=1S/C28H23P/c1-2-16-26(17-3-1)29(20-24-14-8-12-22-10-4-6-18-27(22)24)21-25-15-9-13-23-11-5-7-19-28(23)25/h1-19H,20-21H2. The van der Waals surface area contributed by atoms with E-state index in [1.165, 1.54) is 38.0 Å². The zero-order valence-corrected chi connectivity index (χ0v) is 17.2. The molecule has 0 heterocycles. The van der Waals surface area contributed by atoms with Gasteiger partial charge < -0.3 is 0 Å². The van der Waals surface area contributed by atoms with Gasteiger partial charge in [0.25, 0.3) is 0 Å². The number of hydrogen-bond donors (Lipinski definition) is 0. The average Bonchev–Trinajstić information content (AvgIpc) is 2.80. The summed E-state index contributed by atoms with van der Waals surface area (Å²) in [7, 11) is -0.355. The highest BCUT2D eigenvalue weighted by Gasteiger charge is 2.15. The predicted molar refractivity (Wildman–Crippen MR) is 128 cm³/mol. The Morgan fingerprint density at radius 3 is 1.41 bits per heavy atom. The van der Waals surface area contributed by atoms with Crippen LogP contribution in [-0.2, 0) is 12.3 Å². The molecule has 0 N–H and O–H groups in total. The van der Waals surface area contributed by atoms with Gasteiger partial charge in [0, 0.05) is 0 Å². The van der Waals surface area contributed by atoms with E-state index in [2.05, 4.69) is 115 Å². The second-order valence-electron chi connectivity index (χ2n) is 7.47. The van der Waals surface area contributed by atoms with Crippen molar-refractivity contribution in [1.29, 1.82) is 0 Å². The molecular weight excluding hydrogens is 367 g/mol. The minimum absolute atomic E-state index is 0.355. The predicted octanol–water partition coefficient (Wildman–Crippen LogP) is 7.50. The smallest absolute Gasteiger partial charge is 0.00236 e. The van der Waals surface area contributed by atoms with Gasteiger partial charge in [-0.3, -0.25) is 0 Å². The van der Waals surface area contributed by atoms with Crippen molar-refractivity contribution in [3.8, 4) is 0 Å². The fourth-order valence-corrected chi connectivity index (χ4v) is 6.59. The summed E-state index contributed by atoms with van der Waals surface area (Å²) < 4.78 is 0. The molecule has 0 fully saturated rings. The molecule has 5 aromatic rings. The number of fused-ring (bicyclic) bond motifs is 2. The molecule has 140 valence electrons. The summed E-state index contributed by atoms with van der Waals surface area (Å²) >= 11 is 0. The molecule has 0 amide bonds. The second-order valence-corrected chi connectivity index (χ2v) is 9.70. The Labute approximate surface area is 173 Å². The van der Waals surface area contributed by atoms with Gasteiger partial charge in [0.2, 0.25) is 0 Å². The van der Waals surface area contributed by atoms with Crippen molar-refractivity contribution in [3.05, 3.63) is 126 Å². The lowest BCUT2D eigenvalue weighted by molar-refractivity contribution is 1.37. The Balaban J connectivity index is 1.57. The van der Waals surface area contributed by atoms with Crippen molar-refractivity contribution in [2.75, 3.05) is 0 Å². The molecule has 0 radical (unpaired) electrons. The van der Waals surface area contributed by atoms with Crippen LogP contribution >= 0.6 is 7.92 Å². The first-order chi connectivity index (χ1) is 14.4. The van der Waals surface area contributed by atoms with Crippen LogP contribution < -0.4 is 5.30 Å². The molecule has 0 saturated carbocycles. The lowest BCUT2D eigenvalue weighted by Crippen LogP contribution is -2.05. The Hall–Kier alpha value is -2.95. The van der Waals surface area contributed by atoms with Gasteiger partial charge in [-0.25, -0.2) is 0 Å². The summed E-state index contributed by atoms with van der Waals surface area (Å²) in [6, 6.07) is 42.1. The van der Waals surface area contributed by atoms with Crippen molar-refractivity contribution < 1.29 is 0 Å². The van der Waals surface area contributed by atoms with Gasteiger partial charge in [-0.2, -0.15) is 0 Å². The molecule has 0 nitrogen and oxygen atoms in total. The molecule has 0 aliphatic carbocycles. The Kier molecular flexibility index (Phi) is 5.11. The first kappa shape index (κ1) is 18.1. The van der Waals surface area contributed by atoms with E-state index >= 15 is 0 Å². The molecule has 0 unspecified atom stereocenters. The molecule has 0 spiro atoms. The van der Waals surface area contributed by atoms with E-state index in [-0.39, 0.29) is 7.92 Å². The maximum Gasteiger partial charge on any atom is -0.00236 e. The lowest BCUT2D eigenvalue weighted by Gasteiger charge is -2.21. The van der Waals surface area contributed by atoms with E-state index in [1.54, 1.807) is 0 Å². The monoisotopic (exact) mass is 390 g/mol. The summed E-state index contributed by atoms with van der Waals surface area (Å²) in [6.07, 6.45) is 2.20. The van der Waals surface area contributed by atoms with Gasteiger partial charge in [0.1, 0.15) is 0 Å². The van der Waals surface area contributed by atoms with Crippen LogP contribution in [0, 0.1) is 0 Å². The summed E-state index contributed by atoms with van der Waals surface area (Å²) in [4.78, 5) is 0. The highest BCUT2D eigenvalue weighted by molar-refractivity contribution is 7.64. The molecule has 1 heteroatoms. The van der Waals surface area contributed by atoms with Crippen LogP contribution in [0.5, 0.6) is 0 Å². The maximum absolute atomic E-state index is 2.31. The summed E-state index contributed by atoms with van der Waals surface area (Å²) in [5.41, 5.74) is 2.91. The molecule has 5 aromatic carbocycles. The zero-order valence-electron chi connectivity index (χ0n) is 16.3. The fraction of sp³-hybridized carbons (Fsp3) is 0.0714. The van der Waals surface area contributed by atoms with Gasteiger partial charge in [-0.05, 0) is 50.3 Å². The zero-order chi connectivity index (χ0) is 19.5. The van der Waals surface area contributed by atoms with Crippen molar-refractivity contribution in [2.45, 2.75) is 12.3 Å². The summed E-state index contributed by atoms with van der Waals surface area (Å²) in [5.74, 6) is 0. The quantitative estimate of drug-likeness (QED) is 0.273. The largest absolute Gasteiger partial charge is 0.0663 e. The summed E-state index contributed by atoms with van der Waals surface area (Å²) in [5, 5.41) is 6.91. The fourth-order valence-electron chi connectivity index (χ4n) is 4.15. The second kappa shape index (κ2) is 8.19. The average molecular weight is 390 g/mol. The Morgan fingerprint density at radius 1 is 0.414 bits per heavy atom. The molecule has 0 saturated heterocycles. The molecule has 0 aromatic heterocycles. The van der Waals surface area contributed by atoms with Gasteiger partial charge in [-0.1, -0.05) is 123 Å². The van der Waals surface area contributed by atoms with Crippen molar-refractivity contribution in [3.63, 3.8) is 0 Å². The highest BCUT2D eigenvalue weighted by atomic mass is 31.1. The van der Waals surface area contributed by atoms with E-state index in [4.69, 9.17) is 0 Å². The van der Waals surface area contributed by atoms with Gasteiger partial charge >= 0.3 is 0 Å². The lowest BCUT2D eigenvalue weighted by atomic mass is 10.1. The van der Waals surface area contributed by atoms with Crippen LogP contribution in [-0.4, -0.2) is 0 Å². The van der Waals surface area contributed by atoms with E-state index in [0.717, 1.165) is 12.3 Å². The van der Waals surface area contributed by atoms with Gasteiger partial charge in [0.15, 0.2) is 0 Å². The molecule has 0 atom stereocenters. The third kappa shape index (κ3) is 3.82. The summed E-state index contributed by atoms with van der Waals surface area (Å²) in [6.45, 7) is 0. The number of rotatable bonds is 5. The maximum atomic E-state index is 2.31. The molecule has 0 aliphatic heterocycles. The number of hydrogen-bond acceptors (Lipinski definition) is 0. The minimum Gasteiger partial charge on any atom is -0.0663 e. The van der Waals surface area contributed by atoms with Crippen LogP contribution in [0.15, 0.2) is 115 Å². The molecular formula is C28H23P. The minimum atomic E-state index is -0.355. The van der Waals surface area contributed by atoms with Gasteiger partial charge in [-0.15, -0.1) is 0 Å². The van der Waals surface area contributed by atoms with E-state index in [1.807, 2.05) is 0 Å². The number of benzene rings is 5.